The molecule has 2 amide bonds. The van der Waals surface area contributed by atoms with Gasteiger partial charge in [0.15, 0.2) is 0 Å². The van der Waals surface area contributed by atoms with Crippen molar-refractivity contribution in [2.45, 2.75) is 19.8 Å². The Morgan fingerprint density at radius 1 is 1.00 bits per heavy atom. The van der Waals surface area contributed by atoms with Crippen molar-refractivity contribution in [2.75, 3.05) is 32.8 Å². The highest BCUT2D eigenvalue weighted by atomic mass is 16.5. The first kappa shape index (κ1) is 19.2. The lowest BCUT2D eigenvalue weighted by molar-refractivity contribution is -0.127. The molecule has 150 valence electrons. The van der Waals surface area contributed by atoms with E-state index in [4.69, 9.17) is 4.74 Å². The predicted octanol–water partition coefficient (Wildman–Crippen LogP) is 3.18. The fraction of sp³-hybridized carbons (Fsp3) is 0.333. The molecule has 29 heavy (non-hydrogen) atoms. The quantitative estimate of drug-likeness (QED) is 0.754. The van der Waals surface area contributed by atoms with Crippen LogP contribution in [0, 0.1) is 0 Å². The highest BCUT2D eigenvalue weighted by Gasteiger charge is 2.24. The molecule has 0 saturated carbocycles. The fourth-order valence-electron chi connectivity index (χ4n) is 3.78. The van der Waals surface area contributed by atoms with Gasteiger partial charge in [0.1, 0.15) is 5.75 Å². The minimum atomic E-state index is -0.0128. The molecular formula is C24H26N2O3. The largest absolute Gasteiger partial charge is 0.493 e. The van der Waals surface area contributed by atoms with Crippen molar-refractivity contribution >= 4 is 17.9 Å². The third kappa shape index (κ3) is 4.34. The zero-order valence-corrected chi connectivity index (χ0v) is 16.8. The number of hydrogen-bond acceptors (Lipinski definition) is 3. The molecule has 0 atom stereocenters. The lowest BCUT2D eigenvalue weighted by Gasteiger charge is -2.34. The number of fused-ring (bicyclic) bond motifs is 1. The van der Waals surface area contributed by atoms with Crippen molar-refractivity contribution in [3.63, 3.8) is 0 Å². The zero-order chi connectivity index (χ0) is 20.2. The van der Waals surface area contributed by atoms with E-state index in [-0.39, 0.29) is 11.8 Å². The molecule has 5 heteroatoms. The van der Waals surface area contributed by atoms with Gasteiger partial charge in [0, 0.05) is 44.2 Å². The maximum atomic E-state index is 12.7. The van der Waals surface area contributed by atoms with Gasteiger partial charge in [-0.1, -0.05) is 25.1 Å². The third-order valence-electron chi connectivity index (χ3n) is 5.62. The van der Waals surface area contributed by atoms with E-state index in [1.165, 1.54) is 11.1 Å². The Hall–Kier alpha value is -3.08. The van der Waals surface area contributed by atoms with E-state index in [2.05, 4.69) is 13.0 Å². The van der Waals surface area contributed by atoms with E-state index in [0.29, 0.717) is 31.7 Å². The van der Waals surface area contributed by atoms with Gasteiger partial charge in [0.25, 0.3) is 5.91 Å². The van der Waals surface area contributed by atoms with E-state index >= 15 is 0 Å². The number of ether oxygens (including phenoxy) is 1. The van der Waals surface area contributed by atoms with Crippen LogP contribution in [0.2, 0.25) is 0 Å². The number of nitrogens with zero attached hydrogens (tertiary/aromatic N) is 2. The van der Waals surface area contributed by atoms with Crippen LogP contribution in [-0.4, -0.2) is 54.4 Å². The second-order valence-corrected chi connectivity index (χ2v) is 7.47. The second-order valence-electron chi connectivity index (χ2n) is 7.47. The van der Waals surface area contributed by atoms with Crippen molar-refractivity contribution in [2.24, 2.45) is 0 Å². The van der Waals surface area contributed by atoms with E-state index in [1.807, 2.05) is 47.4 Å². The Balaban J connectivity index is 1.31. The summed E-state index contributed by atoms with van der Waals surface area (Å²) < 4.78 is 5.52. The van der Waals surface area contributed by atoms with Crippen LogP contribution in [0.3, 0.4) is 0 Å². The Morgan fingerprint density at radius 2 is 1.72 bits per heavy atom. The number of hydrogen-bond donors (Lipinski definition) is 0. The Bertz CT molecular complexity index is 926. The minimum Gasteiger partial charge on any atom is -0.493 e. The summed E-state index contributed by atoms with van der Waals surface area (Å²) in [6, 6.07) is 13.8. The summed E-state index contributed by atoms with van der Waals surface area (Å²) in [5.74, 6) is 0.968. The van der Waals surface area contributed by atoms with Crippen LogP contribution in [0.15, 0.2) is 48.5 Å². The van der Waals surface area contributed by atoms with Gasteiger partial charge in [-0.3, -0.25) is 9.59 Å². The molecule has 2 aliphatic heterocycles. The molecule has 1 fully saturated rings. The Kier molecular flexibility index (Phi) is 5.65. The van der Waals surface area contributed by atoms with E-state index in [1.54, 1.807) is 11.0 Å². The summed E-state index contributed by atoms with van der Waals surface area (Å²) in [5, 5.41) is 0. The van der Waals surface area contributed by atoms with Crippen LogP contribution >= 0.6 is 0 Å². The second kappa shape index (κ2) is 8.52. The summed E-state index contributed by atoms with van der Waals surface area (Å²) in [4.78, 5) is 28.8. The van der Waals surface area contributed by atoms with Crippen LogP contribution in [0.1, 0.15) is 34.0 Å². The monoisotopic (exact) mass is 390 g/mol. The molecule has 0 N–H and O–H groups in total. The molecule has 5 nitrogen and oxygen atoms in total. The molecule has 1 saturated heterocycles. The van der Waals surface area contributed by atoms with Crippen molar-refractivity contribution in [1.29, 1.82) is 0 Å². The van der Waals surface area contributed by atoms with E-state index in [9.17, 15) is 9.59 Å². The molecule has 0 aromatic heterocycles. The average molecular weight is 390 g/mol. The van der Waals surface area contributed by atoms with E-state index in [0.717, 1.165) is 30.8 Å². The van der Waals surface area contributed by atoms with Gasteiger partial charge in [-0.25, -0.2) is 0 Å². The summed E-state index contributed by atoms with van der Waals surface area (Å²) in [6.45, 7) is 5.06. The van der Waals surface area contributed by atoms with Crippen molar-refractivity contribution in [1.82, 2.24) is 9.80 Å². The van der Waals surface area contributed by atoms with Gasteiger partial charge in [-0.2, -0.15) is 0 Å². The van der Waals surface area contributed by atoms with Gasteiger partial charge < -0.3 is 14.5 Å². The fourth-order valence-corrected chi connectivity index (χ4v) is 3.78. The first-order valence-electron chi connectivity index (χ1n) is 10.2. The van der Waals surface area contributed by atoms with Gasteiger partial charge >= 0.3 is 0 Å². The molecule has 0 spiro atoms. The van der Waals surface area contributed by atoms with Crippen molar-refractivity contribution in [3.8, 4) is 5.75 Å². The molecule has 0 bridgehead atoms. The van der Waals surface area contributed by atoms with Crippen LogP contribution in [0.4, 0.5) is 0 Å². The van der Waals surface area contributed by atoms with Gasteiger partial charge in [-0.15, -0.1) is 0 Å². The third-order valence-corrected chi connectivity index (χ3v) is 5.62. The highest BCUT2D eigenvalue weighted by Crippen LogP contribution is 2.26. The highest BCUT2D eigenvalue weighted by molar-refractivity contribution is 5.95. The molecular weight excluding hydrogens is 364 g/mol. The summed E-state index contributed by atoms with van der Waals surface area (Å²) in [5.41, 5.74) is 4.13. The summed E-state index contributed by atoms with van der Waals surface area (Å²) in [7, 11) is 0. The number of carbonyl (C=O) groups excluding carboxylic acids is 2. The number of piperazine rings is 1. The maximum absolute atomic E-state index is 12.7. The molecule has 2 aliphatic rings. The number of benzene rings is 2. The zero-order valence-electron chi connectivity index (χ0n) is 16.8. The van der Waals surface area contributed by atoms with Gasteiger partial charge in [0.2, 0.25) is 5.91 Å². The standard InChI is InChI=1S/C24H26N2O3/c1-2-18-3-7-20(8-4-18)24(28)26-14-12-25(13-15-26)23(27)10-6-19-5-9-22-21(17-19)11-16-29-22/h3-10,17H,2,11-16H2,1H3/b10-6+. The number of rotatable bonds is 4. The Labute approximate surface area is 171 Å². The lowest BCUT2D eigenvalue weighted by Crippen LogP contribution is -2.50. The Morgan fingerprint density at radius 3 is 2.45 bits per heavy atom. The molecule has 2 aromatic rings. The first-order valence-corrected chi connectivity index (χ1v) is 10.2. The number of aryl methyl sites for hydroxylation is 1. The van der Waals surface area contributed by atoms with Crippen LogP contribution in [0.5, 0.6) is 5.75 Å². The van der Waals surface area contributed by atoms with Crippen LogP contribution in [-0.2, 0) is 17.6 Å². The normalized spacial score (nSPS) is 16.0. The van der Waals surface area contributed by atoms with Crippen molar-refractivity contribution < 1.29 is 14.3 Å². The molecule has 0 radical (unpaired) electrons. The molecule has 2 aromatic carbocycles. The first-order chi connectivity index (χ1) is 14.1. The van der Waals surface area contributed by atoms with Crippen LogP contribution in [0.25, 0.3) is 6.08 Å². The topological polar surface area (TPSA) is 49.9 Å². The van der Waals surface area contributed by atoms with Crippen LogP contribution < -0.4 is 4.74 Å². The minimum absolute atomic E-state index is 0.0128. The number of amides is 2. The van der Waals surface area contributed by atoms with E-state index < -0.39 is 0 Å². The smallest absolute Gasteiger partial charge is 0.253 e. The molecule has 0 unspecified atom stereocenters. The van der Waals surface area contributed by atoms with Gasteiger partial charge in [-0.05, 0) is 53.5 Å². The molecule has 2 heterocycles. The average Bonchev–Trinajstić information content (AvgIpc) is 3.25. The maximum Gasteiger partial charge on any atom is 0.253 e. The van der Waals surface area contributed by atoms with Crippen molar-refractivity contribution in [3.05, 3.63) is 70.8 Å². The van der Waals surface area contributed by atoms with Gasteiger partial charge in [0.05, 0.1) is 6.61 Å². The summed E-state index contributed by atoms with van der Waals surface area (Å²) in [6.07, 6.45) is 5.36. The summed E-state index contributed by atoms with van der Waals surface area (Å²) >= 11 is 0. The predicted molar refractivity (Wildman–Crippen MR) is 113 cm³/mol. The lowest BCUT2D eigenvalue weighted by atomic mass is 10.1. The molecule has 0 aliphatic carbocycles. The SMILES string of the molecule is CCc1ccc(C(=O)N2CCN(C(=O)/C=C/c3ccc4c(c3)CCO4)CC2)cc1. The number of carbonyl (C=O) groups is 2. The molecule has 4 rings (SSSR count).